The zero-order valence-electron chi connectivity index (χ0n) is 16.6. The number of nitrogens with two attached hydrogens (primary N) is 1. The van der Waals surface area contributed by atoms with E-state index in [0.29, 0.717) is 0 Å². The number of aromatic amines is 1. The second-order valence-electron chi connectivity index (χ2n) is 9.76. The van der Waals surface area contributed by atoms with Crippen LogP contribution in [0.5, 0.6) is 0 Å². The Morgan fingerprint density at radius 2 is 1.59 bits per heavy atom. The molecule has 0 saturated heterocycles. The molecule has 0 atom stereocenters. The summed E-state index contributed by atoms with van der Waals surface area (Å²) in [5.74, 6) is 2.57. The lowest BCUT2D eigenvalue weighted by Crippen LogP contribution is -2.59. The van der Waals surface area contributed by atoms with Gasteiger partial charge in [-0.05, 0) is 92.2 Å². The number of nitrogen functional groups attached to an aromatic ring is 1. The molecule has 0 spiro atoms. The van der Waals surface area contributed by atoms with E-state index in [0.717, 1.165) is 51.2 Å². The number of anilines is 1. The Labute approximate surface area is 170 Å². The first-order chi connectivity index (χ1) is 14.1. The van der Waals surface area contributed by atoms with Crippen LogP contribution in [0.25, 0.3) is 22.2 Å². The van der Waals surface area contributed by atoms with Crippen LogP contribution in [0.4, 0.5) is 5.69 Å². The van der Waals surface area contributed by atoms with Crippen LogP contribution in [0.3, 0.4) is 0 Å². The topological polar surface area (TPSA) is 70.9 Å². The molecule has 4 aliphatic rings. The van der Waals surface area contributed by atoms with E-state index in [9.17, 15) is 4.79 Å². The molecular formula is C25H27N3O. The lowest BCUT2D eigenvalue weighted by molar-refractivity contribution is -0.0167. The molecule has 1 heterocycles. The number of hydrogen-bond donors (Lipinski definition) is 3. The number of nitrogens with one attached hydrogen (secondary N) is 2. The maximum atomic E-state index is 13.1. The summed E-state index contributed by atoms with van der Waals surface area (Å²) in [7, 11) is 0. The highest BCUT2D eigenvalue weighted by molar-refractivity contribution is 5.99. The summed E-state index contributed by atoms with van der Waals surface area (Å²) < 4.78 is 0. The highest BCUT2D eigenvalue weighted by Crippen LogP contribution is 2.55. The number of benzene rings is 2. The predicted octanol–water partition coefficient (Wildman–Crippen LogP) is 5.12. The molecule has 148 valence electrons. The molecule has 4 aliphatic carbocycles. The van der Waals surface area contributed by atoms with Crippen molar-refractivity contribution in [1.29, 1.82) is 0 Å². The average molecular weight is 386 g/mol. The van der Waals surface area contributed by atoms with E-state index < -0.39 is 0 Å². The number of rotatable bonds is 3. The normalized spacial score (nSPS) is 30.0. The van der Waals surface area contributed by atoms with Crippen molar-refractivity contribution in [2.24, 2.45) is 17.8 Å². The molecule has 4 fully saturated rings. The Balaban J connectivity index is 1.27. The van der Waals surface area contributed by atoms with Crippen LogP contribution in [0.2, 0.25) is 0 Å². The summed E-state index contributed by atoms with van der Waals surface area (Å²) in [6.07, 6.45) is 7.69. The van der Waals surface area contributed by atoms with E-state index in [1.54, 1.807) is 0 Å². The summed E-state index contributed by atoms with van der Waals surface area (Å²) in [5.41, 5.74) is 10.5. The zero-order chi connectivity index (χ0) is 19.6. The summed E-state index contributed by atoms with van der Waals surface area (Å²) in [4.78, 5) is 16.6. The van der Waals surface area contributed by atoms with Gasteiger partial charge in [0.05, 0.1) is 0 Å². The maximum Gasteiger partial charge on any atom is 0.251 e. The van der Waals surface area contributed by atoms with Gasteiger partial charge in [-0.3, -0.25) is 4.79 Å². The smallest absolute Gasteiger partial charge is 0.251 e. The van der Waals surface area contributed by atoms with Gasteiger partial charge in [-0.15, -0.1) is 0 Å². The van der Waals surface area contributed by atoms with Crippen LogP contribution in [0.15, 0.2) is 48.5 Å². The Kier molecular flexibility index (Phi) is 3.62. The summed E-state index contributed by atoms with van der Waals surface area (Å²) in [6, 6.07) is 16.0. The van der Waals surface area contributed by atoms with Crippen LogP contribution in [0.1, 0.15) is 48.9 Å². The fourth-order valence-electron chi connectivity index (χ4n) is 6.66. The number of carbonyl (C=O) groups is 1. The van der Waals surface area contributed by atoms with Gasteiger partial charge in [0.2, 0.25) is 0 Å². The zero-order valence-corrected chi connectivity index (χ0v) is 16.6. The molecule has 4 heteroatoms. The standard InChI is InChI=1S/C25H27N3O/c26-21-5-3-18(4-6-21)22-10-19-1-2-20(11-23(19)27-22)24(29)28-25-12-15-7-16(13-25)9-17(8-15)14-25/h1-6,10-11,15-17,27H,7-9,12-14,26H2,(H,28,29). The molecule has 3 aromatic rings. The van der Waals surface area contributed by atoms with Crippen LogP contribution in [0, 0.1) is 17.8 Å². The van der Waals surface area contributed by atoms with Gasteiger partial charge in [-0.1, -0.05) is 18.2 Å². The van der Waals surface area contributed by atoms with E-state index in [4.69, 9.17) is 5.73 Å². The third-order valence-electron chi connectivity index (χ3n) is 7.52. The monoisotopic (exact) mass is 385 g/mol. The van der Waals surface area contributed by atoms with E-state index in [1.807, 2.05) is 42.5 Å². The molecule has 4 nitrogen and oxygen atoms in total. The van der Waals surface area contributed by atoms with Gasteiger partial charge in [0, 0.05) is 33.4 Å². The maximum absolute atomic E-state index is 13.1. The third-order valence-corrected chi connectivity index (χ3v) is 7.52. The Morgan fingerprint density at radius 1 is 0.931 bits per heavy atom. The molecule has 0 unspecified atom stereocenters. The SMILES string of the molecule is Nc1ccc(-c2cc3ccc(C(=O)NC45CC6CC(CC(C6)C4)C5)cc3[nH]2)cc1. The third kappa shape index (κ3) is 2.93. The molecule has 0 radical (unpaired) electrons. The molecule has 4 bridgehead atoms. The highest BCUT2D eigenvalue weighted by Gasteiger charge is 2.51. The largest absolute Gasteiger partial charge is 0.399 e. The van der Waals surface area contributed by atoms with E-state index in [1.165, 1.54) is 38.5 Å². The van der Waals surface area contributed by atoms with E-state index >= 15 is 0 Å². The average Bonchev–Trinajstić information content (AvgIpc) is 3.10. The summed E-state index contributed by atoms with van der Waals surface area (Å²) >= 11 is 0. The second kappa shape index (κ2) is 6.12. The fourth-order valence-corrected chi connectivity index (χ4v) is 6.66. The van der Waals surface area contributed by atoms with Gasteiger partial charge in [-0.25, -0.2) is 0 Å². The number of carbonyl (C=O) groups excluding carboxylic acids is 1. The van der Waals surface area contributed by atoms with Crippen LogP contribution in [-0.4, -0.2) is 16.4 Å². The molecule has 7 rings (SSSR count). The van der Waals surface area contributed by atoms with Crippen molar-refractivity contribution in [1.82, 2.24) is 10.3 Å². The number of aromatic nitrogens is 1. The van der Waals surface area contributed by atoms with Crippen molar-refractivity contribution >= 4 is 22.5 Å². The lowest BCUT2D eigenvalue weighted by Gasteiger charge is -2.56. The molecular weight excluding hydrogens is 358 g/mol. The number of fused-ring (bicyclic) bond motifs is 1. The second-order valence-corrected chi connectivity index (χ2v) is 9.76. The quantitative estimate of drug-likeness (QED) is 0.548. The van der Waals surface area contributed by atoms with Crippen molar-refractivity contribution < 1.29 is 4.79 Å². The highest BCUT2D eigenvalue weighted by atomic mass is 16.1. The fraction of sp³-hybridized carbons (Fsp3) is 0.400. The summed E-state index contributed by atoms with van der Waals surface area (Å²) in [6.45, 7) is 0. The van der Waals surface area contributed by atoms with Gasteiger partial charge in [-0.2, -0.15) is 0 Å². The van der Waals surface area contributed by atoms with Crippen molar-refractivity contribution in [2.45, 2.75) is 44.1 Å². The van der Waals surface area contributed by atoms with Gasteiger partial charge < -0.3 is 16.0 Å². The first kappa shape index (κ1) is 17.1. The first-order valence-electron chi connectivity index (χ1n) is 10.9. The Bertz CT molecular complexity index is 1060. The minimum absolute atomic E-state index is 0.0473. The van der Waals surface area contributed by atoms with Crippen molar-refractivity contribution in [3.63, 3.8) is 0 Å². The summed E-state index contributed by atoms with van der Waals surface area (Å²) in [5, 5.41) is 4.60. The molecule has 4 N–H and O–H groups in total. The van der Waals surface area contributed by atoms with E-state index in [2.05, 4.69) is 16.4 Å². The number of hydrogen-bond acceptors (Lipinski definition) is 2. The van der Waals surface area contributed by atoms with Gasteiger partial charge in [0.25, 0.3) is 5.91 Å². The number of amides is 1. The molecule has 2 aromatic carbocycles. The van der Waals surface area contributed by atoms with Gasteiger partial charge in [0.1, 0.15) is 0 Å². The van der Waals surface area contributed by atoms with Crippen LogP contribution < -0.4 is 11.1 Å². The minimum atomic E-state index is 0.0473. The number of H-pyrrole nitrogens is 1. The van der Waals surface area contributed by atoms with Gasteiger partial charge >= 0.3 is 0 Å². The minimum Gasteiger partial charge on any atom is -0.399 e. The van der Waals surface area contributed by atoms with Crippen molar-refractivity contribution in [3.05, 3.63) is 54.1 Å². The van der Waals surface area contributed by atoms with Crippen molar-refractivity contribution in [3.8, 4) is 11.3 Å². The Morgan fingerprint density at radius 3 is 2.24 bits per heavy atom. The molecule has 29 heavy (non-hydrogen) atoms. The Hall–Kier alpha value is -2.75. The van der Waals surface area contributed by atoms with Gasteiger partial charge in [0.15, 0.2) is 0 Å². The first-order valence-corrected chi connectivity index (χ1v) is 10.9. The van der Waals surface area contributed by atoms with Crippen molar-refractivity contribution in [2.75, 3.05) is 5.73 Å². The lowest BCUT2D eigenvalue weighted by atomic mass is 9.53. The van der Waals surface area contributed by atoms with Crippen LogP contribution >= 0.6 is 0 Å². The molecule has 4 saturated carbocycles. The van der Waals surface area contributed by atoms with Crippen LogP contribution in [-0.2, 0) is 0 Å². The van der Waals surface area contributed by atoms with E-state index in [-0.39, 0.29) is 11.4 Å². The molecule has 0 aliphatic heterocycles. The molecule has 1 amide bonds. The predicted molar refractivity (Wildman–Crippen MR) is 117 cm³/mol. The molecule has 1 aromatic heterocycles.